The maximum atomic E-state index is 12.0. The average molecular weight is 270 g/mol. The van der Waals surface area contributed by atoms with E-state index in [0.717, 1.165) is 29.6 Å². The van der Waals surface area contributed by atoms with Crippen molar-refractivity contribution in [1.82, 2.24) is 15.3 Å². The molecule has 1 aliphatic carbocycles. The van der Waals surface area contributed by atoms with Crippen LogP contribution in [-0.4, -0.2) is 28.0 Å². The topological polar surface area (TPSA) is 66.9 Å². The third-order valence-corrected chi connectivity index (χ3v) is 3.42. The fourth-order valence-electron chi connectivity index (χ4n) is 2.05. The van der Waals surface area contributed by atoms with Crippen molar-refractivity contribution in [2.45, 2.75) is 38.8 Å². The molecule has 1 aliphatic rings. The third kappa shape index (κ3) is 2.71. The first-order valence-electron chi connectivity index (χ1n) is 6.94. The summed E-state index contributed by atoms with van der Waals surface area (Å²) in [6, 6.07) is 7.78. The number of carbonyl (C=O) groups excluding carboxylic acids is 1. The number of fused-ring (bicyclic) bond motifs is 1. The van der Waals surface area contributed by atoms with Crippen LogP contribution >= 0.6 is 0 Å². The van der Waals surface area contributed by atoms with Crippen molar-refractivity contribution in [3.05, 3.63) is 30.0 Å². The lowest BCUT2D eigenvalue weighted by Gasteiger charge is -2.16. The second-order valence-corrected chi connectivity index (χ2v) is 5.30. The number of aryl methyl sites for hydroxylation is 1. The van der Waals surface area contributed by atoms with Gasteiger partial charge in [-0.15, -0.1) is 0 Å². The van der Waals surface area contributed by atoms with Crippen LogP contribution in [0, 0.1) is 6.92 Å². The lowest BCUT2D eigenvalue weighted by Crippen LogP contribution is -2.39. The number of aromatic nitrogens is 2. The Bertz CT molecular complexity index is 651. The molecule has 20 heavy (non-hydrogen) atoms. The molecule has 0 bridgehead atoms. The van der Waals surface area contributed by atoms with Gasteiger partial charge in [0.05, 0.1) is 16.7 Å². The SMILES string of the molecule is Cc1nc2ccccc2nc1NC(C)C(=O)NC1CC1. The monoisotopic (exact) mass is 270 g/mol. The zero-order valence-electron chi connectivity index (χ0n) is 11.7. The molecular weight excluding hydrogens is 252 g/mol. The van der Waals surface area contributed by atoms with Crippen LogP contribution in [-0.2, 0) is 4.79 Å². The van der Waals surface area contributed by atoms with Gasteiger partial charge in [0.15, 0.2) is 0 Å². The van der Waals surface area contributed by atoms with E-state index in [4.69, 9.17) is 0 Å². The quantitative estimate of drug-likeness (QED) is 0.892. The minimum atomic E-state index is -0.315. The highest BCUT2D eigenvalue weighted by Gasteiger charge is 2.25. The van der Waals surface area contributed by atoms with Crippen molar-refractivity contribution < 1.29 is 4.79 Å². The Hall–Kier alpha value is -2.17. The maximum Gasteiger partial charge on any atom is 0.242 e. The Morgan fingerprint density at radius 3 is 2.55 bits per heavy atom. The molecule has 2 aromatic rings. The highest BCUT2D eigenvalue weighted by atomic mass is 16.2. The van der Waals surface area contributed by atoms with Gasteiger partial charge in [0.2, 0.25) is 5.91 Å². The van der Waals surface area contributed by atoms with E-state index in [1.54, 1.807) is 0 Å². The van der Waals surface area contributed by atoms with Gasteiger partial charge in [-0.3, -0.25) is 4.79 Å². The van der Waals surface area contributed by atoms with Crippen molar-refractivity contribution in [2.75, 3.05) is 5.32 Å². The fourth-order valence-corrected chi connectivity index (χ4v) is 2.05. The molecule has 1 aromatic carbocycles. The molecular formula is C15H18N4O. The summed E-state index contributed by atoms with van der Waals surface area (Å²) < 4.78 is 0. The van der Waals surface area contributed by atoms with Crippen LogP contribution in [0.3, 0.4) is 0 Å². The lowest BCUT2D eigenvalue weighted by molar-refractivity contribution is -0.121. The summed E-state index contributed by atoms with van der Waals surface area (Å²) in [7, 11) is 0. The molecule has 0 radical (unpaired) electrons. The second-order valence-electron chi connectivity index (χ2n) is 5.30. The first-order valence-corrected chi connectivity index (χ1v) is 6.94. The molecule has 0 spiro atoms. The Balaban J connectivity index is 1.78. The predicted octanol–water partition coefficient (Wildman–Crippen LogP) is 2.02. The van der Waals surface area contributed by atoms with Gasteiger partial charge in [0.1, 0.15) is 11.9 Å². The smallest absolute Gasteiger partial charge is 0.242 e. The number of rotatable bonds is 4. The molecule has 2 N–H and O–H groups in total. The van der Waals surface area contributed by atoms with Gasteiger partial charge in [-0.2, -0.15) is 0 Å². The van der Waals surface area contributed by atoms with Crippen molar-refractivity contribution in [2.24, 2.45) is 0 Å². The van der Waals surface area contributed by atoms with E-state index in [1.165, 1.54) is 0 Å². The normalized spacial score (nSPS) is 15.9. The highest BCUT2D eigenvalue weighted by Crippen LogP contribution is 2.20. The molecule has 5 heteroatoms. The summed E-state index contributed by atoms with van der Waals surface area (Å²) in [6.07, 6.45) is 2.18. The predicted molar refractivity (Wildman–Crippen MR) is 78.5 cm³/mol. The van der Waals surface area contributed by atoms with E-state index < -0.39 is 0 Å². The van der Waals surface area contributed by atoms with E-state index in [-0.39, 0.29) is 11.9 Å². The number of para-hydroxylation sites is 2. The van der Waals surface area contributed by atoms with E-state index in [2.05, 4.69) is 20.6 Å². The Morgan fingerprint density at radius 2 is 1.90 bits per heavy atom. The summed E-state index contributed by atoms with van der Waals surface area (Å²) in [5.74, 6) is 0.684. The van der Waals surface area contributed by atoms with Gasteiger partial charge in [-0.05, 0) is 38.8 Å². The zero-order chi connectivity index (χ0) is 14.1. The van der Waals surface area contributed by atoms with Gasteiger partial charge in [-0.25, -0.2) is 9.97 Å². The van der Waals surface area contributed by atoms with Crippen LogP contribution in [0.5, 0.6) is 0 Å². The fraction of sp³-hybridized carbons (Fsp3) is 0.400. The number of amides is 1. The first-order chi connectivity index (χ1) is 9.63. The molecule has 3 rings (SSSR count). The van der Waals surface area contributed by atoms with Gasteiger partial charge in [0, 0.05) is 6.04 Å². The number of anilines is 1. The van der Waals surface area contributed by atoms with Crippen LogP contribution < -0.4 is 10.6 Å². The van der Waals surface area contributed by atoms with Crippen molar-refractivity contribution in [1.29, 1.82) is 0 Å². The molecule has 1 amide bonds. The summed E-state index contributed by atoms with van der Waals surface area (Å²) in [4.78, 5) is 21.0. The highest BCUT2D eigenvalue weighted by molar-refractivity contribution is 5.85. The van der Waals surface area contributed by atoms with E-state index in [1.807, 2.05) is 38.1 Å². The van der Waals surface area contributed by atoms with Crippen LogP contribution in [0.25, 0.3) is 11.0 Å². The Kier molecular flexibility index (Phi) is 3.26. The Morgan fingerprint density at radius 1 is 1.25 bits per heavy atom. The summed E-state index contributed by atoms with van der Waals surface area (Å²) in [5.41, 5.74) is 2.50. The number of benzene rings is 1. The third-order valence-electron chi connectivity index (χ3n) is 3.42. The lowest BCUT2D eigenvalue weighted by atomic mass is 10.2. The van der Waals surface area contributed by atoms with Crippen LogP contribution in [0.4, 0.5) is 5.82 Å². The van der Waals surface area contributed by atoms with Crippen molar-refractivity contribution in [3.63, 3.8) is 0 Å². The molecule has 1 aromatic heterocycles. The minimum Gasteiger partial charge on any atom is -0.357 e. The first kappa shape index (κ1) is 12.8. The molecule has 1 atom stereocenters. The Labute approximate surface area is 117 Å². The summed E-state index contributed by atoms with van der Waals surface area (Å²) in [5, 5.41) is 6.13. The van der Waals surface area contributed by atoms with Gasteiger partial charge < -0.3 is 10.6 Å². The summed E-state index contributed by atoms with van der Waals surface area (Å²) in [6.45, 7) is 3.74. The average Bonchev–Trinajstić information content (AvgIpc) is 3.23. The summed E-state index contributed by atoms with van der Waals surface area (Å²) >= 11 is 0. The zero-order valence-corrected chi connectivity index (χ0v) is 11.7. The number of carbonyl (C=O) groups is 1. The number of nitrogens with one attached hydrogen (secondary N) is 2. The van der Waals surface area contributed by atoms with E-state index in [0.29, 0.717) is 11.9 Å². The van der Waals surface area contributed by atoms with Gasteiger partial charge >= 0.3 is 0 Å². The van der Waals surface area contributed by atoms with Gasteiger partial charge in [0.25, 0.3) is 0 Å². The van der Waals surface area contributed by atoms with E-state index in [9.17, 15) is 4.79 Å². The largest absolute Gasteiger partial charge is 0.357 e. The number of hydrogen-bond donors (Lipinski definition) is 2. The van der Waals surface area contributed by atoms with Crippen LogP contribution in [0.2, 0.25) is 0 Å². The molecule has 1 unspecified atom stereocenters. The molecule has 1 heterocycles. The maximum absolute atomic E-state index is 12.0. The van der Waals surface area contributed by atoms with Crippen LogP contribution in [0.1, 0.15) is 25.5 Å². The molecule has 0 aliphatic heterocycles. The van der Waals surface area contributed by atoms with Gasteiger partial charge in [-0.1, -0.05) is 12.1 Å². The molecule has 104 valence electrons. The van der Waals surface area contributed by atoms with Crippen molar-refractivity contribution >= 4 is 22.8 Å². The molecule has 1 saturated carbocycles. The number of nitrogens with zero attached hydrogens (tertiary/aromatic N) is 2. The second kappa shape index (κ2) is 5.07. The molecule has 5 nitrogen and oxygen atoms in total. The molecule has 0 saturated heterocycles. The minimum absolute atomic E-state index is 0.0156. The van der Waals surface area contributed by atoms with E-state index >= 15 is 0 Å². The standard InChI is InChI=1S/C15H18N4O/c1-9-14(17-10(2)15(20)18-11-7-8-11)19-13-6-4-3-5-12(13)16-9/h3-6,10-11H,7-8H2,1-2H3,(H,17,19)(H,18,20). The van der Waals surface area contributed by atoms with Crippen LogP contribution in [0.15, 0.2) is 24.3 Å². The van der Waals surface area contributed by atoms with Crippen molar-refractivity contribution in [3.8, 4) is 0 Å². The molecule has 1 fully saturated rings. The number of hydrogen-bond acceptors (Lipinski definition) is 4.